The van der Waals surface area contributed by atoms with Gasteiger partial charge in [-0.3, -0.25) is 4.79 Å². The second-order valence-electron chi connectivity index (χ2n) is 5.97. The van der Waals surface area contributed by atoms with Gasteiger partial charge in [-0.15, -0.1) is 0 Å². The SMILES string of the molecule is CCOCC(=O)N1CCO[C@@H](COc2ccccn2)[C@@H]1c1ccccc1. The van der Waals surface area contributed by atoms with E-state index in [0.29, 0.717) is 32.2 Å². The zero-order valence-corrected chi connectivity index (χ0v) is 14.9. The summed E-state index contributed by atoms with van der Waals surface area (Å²) in [4.78, 5) is 18.7. The number of amides is 1. The van der Waals surface area contributed by atoms with Gasteiger partial charge in [0.25, 0.3) is 0 Å². The number of aromatic nitrogens is 1. The standard InChI is InChI=1S/C20H24N2O4/c1-2-24-15-19(23)22-12-13-25-17(14-26-18-10-6-7-11-21-18)20(22)16-8-4-3-5-9-16/h3-11,17,20H,2,12-15H2,1H3/t17-,20-/m0/s1. The molecule has 138 valence electrons. The number of carbonyl (C=O) groups excluding carboxylic acids is 1. The zero-order valence-electron chi connectivity index (χ0n) is 14.9. The first-order valence-corrected chi connectivity index (χ1v) is 8.87. The van der Waals surface area contributed by atoms with Gasteiger partial charge in [0.2, 0.25) is 11.8 Å². The molecule has 6 heteroatoms. The molecule has 0 bridgehead atoms. The van der Waals surface area contributed by atoms with Crippen molar-refractivity contribution in [1.82, 2.24) is 9.88 Å². The molecular formula is C20H24N2O4. The van der Waals surface area contributed by atoms with E-state index in [0.717, 1.165) is 5.56 Å². The highest BCUT2D eigenvalue weighted by molar-refractivity contribution is 5.78. The van der Waals surface area contributed by atoms with Crippen LogP contribution in [0.4, 0.5) is 0 Å². The lowest BCUT2D eigenvalue weighted by molar-refractivity contribution is -0.153. The van der Waals surface area contributed by atoms with Crippen molar-refractivity contribution in [2.45, 2.75) is 19.1 Å². The van der Waals surface area contributed by atoms with Crippen LogP contribution in [-0.2, 0) is 14.3 Å². The fourth-order valence-electron chi connectivity index (χ4n) is 3.07. The maximum absolute atomic E-state index is 12.7. The van der Waals surface area contributed by atoms with Crippen LogP contribution >= 0.6 is 0 Å². The summed E-state index contributed by atoms with van der Waals surface area (Å²) < 4.78 is 17.1. The van der Waals surface area contributed by atoms with Gasteiger partial charge in [0.15, 0.2) is 0 Å². The van der Waals surface area contributed by atoms with Crippen LogP contribution in [0.1, 0.15) is 18.5 Å². The summed E-state index contributed by atoms with van der Waals surface area (Å²) in [6.07, 6.45) is 1.41. The number of pyridine rings is 1. The fourth-order valence-corrected chi connectivity index (χ4v) is 3.07. The molecule has 0 N–H and O–H groups in total. The topological polar surface area (TPSA) is 60.9 Å². The van der Waals surface area contributed by atoms with Gasteiger partial charge < -0.3 is 19.1 Å². The van der Waals surface area contributed by atoms with Crippen LogP contribution in [-0.4, -0.2) is 54.9 Å². The molecule has 3 rings (SSSR count). The van der Waals surface area contributed by atoms with Crippen molar-refractivity contribution in [3.8, 4) is 5.88 Å². The third kappa shape index (κ3) is 4.59. The van der Waals surface area contributed by atoms with Gasteiger partial charge in [0.05, 0.1) is 12.6 Å². The first-order chi connectivity index (χ1) is 12.8. The second kappa shape index (κ2) is 9.31. The quantitative estimate of drug-likeness (QED) is 0.763. The number of nitrogens with zero attached hydrogens (tertiary/aromatic N) is 2. The highest BCUT2D eigenvalue weighted by Gasteiger charge is 2.36. The highest BCUT2D eigenvalue weighted by Crippen LogP contribution is 2.30. The van der Waals surface area contributed by atoms with Crippen LogP contribution < -0.4 is 4.74 Å². The zero-order chi connectivity index (χ0) is 18.2. The van der Waals surface area contributed by atoms with Gasteiger partial charge in [-0.2, -0.15) is 0 Å². The van der Waals surface area contributed by atoms with Crippen molar-refractivity contribution in [2.75, 3.05) is 33.0 Å². The van der Waals surface area contributed by atoms with E-state index in [4.69, 9.17) is 14.2 Å². The van der Waals surface area contributed by atoms with E-state index >= 15 is 0 Å². The lowest BCUT2D eigenvalue weighted by Gasteiger charge is -2.41. The average Bonchev–Trinajstić information content (AvgIpc) is 2.71. The molecule has 1 fully saturated rings. The summed E-state index contributed by atoms with van der Waals surface area (Å²) in [6.45, 7) is 3.79. The Morgan fingerprint density at radius 1 is 1.23 bits per heavy atom. The normalized spacial score (nSPS) is 20.0. The van der Waals surface area contributed by atoms with E-state index in [-0.39, 0.29) is 24.7 Å². The molecule has 26 heavy (non-hydrogen) atoms. The van der Waals surface area contributed by atoms with Crippen LogP contribution in [0, 0.1) is 0 Å². The van der Waals surface area contributed by atoms with Crippen molar-refractivity contribution in [3.05, 3.63) is 60.3 Å². The lowest BCUT2D eigenvalue weighted by Crippen LogP contribution is -2.51. The minimum absolute atomic E-state index is 0.0353. The van der Waals surface area contributed by atoms with Gasteiger partial charge in [-0.05, 0) is 18.6 Å². The van der Waals surface area contributed by atoms with Gasteiger partial charge in [-0.25, -0.2) is 4.98 Å². The minimum Gasteiger partial charge on any atom is -0.475 e. The molecule has 0 radical (unpaired) electrons. The van der Waals surface area contributed by atoms with Crippen LogP contribution in [0.5, 0.6) is 5.88 Å². The summed E-state index contributed by atoms with van der Waals surface area (Å²) in [5.41, 5.74) is 1.02. The average molecular weight is 356 g/mol. The Balaban J connectivity index is 1.78. The molecule has 0 saturated carbocycles. The number of ether oxygens (including phenoxy) is 3. The summed E-state index contributed by atoms with van der Waals surface area (Å²) >= 11 is 0. The predicted octanol–water partition coefficient (Wildman–Crippen LogP) is 2.47. The summed E-state index contributed by atoms with van der Waals surface area (Å²) in [5, 5.41) is 0. The van der Waals surface area contributed by atoms with E-state index in [1.54, 1.807) is 12.3 Å². The van der Waals surface area contributed by atoms with E-state index < -0.39 is 0 Å². The maximum Gasteiger partial charge on any atom is 0.249 e. The fraction of sp³-hybridized carbons (Fsp3) is 0.400. The smallest absolute Gasteiger partial charge is 0.249 e. The van der Waals surface area contributed by atoms with Gasteiger partial charge in [0, 0.05) is 25.4 Å². The molecular weight excluding hydrogens is 332 g/mol. The summed E-state index contributed by atoms with van der Waals surface area (Å²) in [6, 6.07) is 15.2. The third-order valence-electron chi connectivity index (χ3n) is 4.28. The Hall–Kier alpha value is -2.44. The highest BCUT2D eigenvalue weighted by atomic mass is 16.5. The van der Waals surface area contributed by atoms with Crippen molar-refractivity contribution in [2.24, 2.45) is 0 Å². The third-order valence-corrected chi connectivity index (χ3v) is 4.28. The van der Waals surface area contributed by atoms with E-state index in [1.165, 1.54) is 0 Å². The number of morpholine rings is 1. The van der Waals surface area contributed by atoms with Gasteiger partial charge >= 0.3 is 0 Å². The molecule has 2 heterocycles. The maximum atomic E-state index is 12.7. The molecule has 1 aliphatic rings. The largest absolute Gasteiger partial charge is 0.475 e. The molecule has 2 aromatic rings. The first kappa shape index (κ1) is 18.4. The van der Waals surface area contributed by atoms with Gasteiger partial charge in [-0.1, -0.05) is 36.4 Å². The number of rotatable bonds is 7. The van der Waals surface area contributed by atoms with Crippen molar-refractivity contribution < 1.29 is 19.0 Å². The molecule has 1 aromatic heterocycles. The van der Waals surface area contributed by atoms with E-state index in [2.05, 4.69) is 4.98 Å². The monoisotopic (exact) mass is 356 g/mol. The van der Waals surface area contributed by atoms with Crippen LogP contribution in [0.25, 0.3) is 0 Å². The molecule has 6 nitrogen and oxygen atoms in total. The molecule has 0 unspecified atom stereocenters. The molecule has 1 aliphatic heterocycles. The number of hydrogen-bond acceptors (Lipinski definition) is 5. The number of carbonyl (C=O) groups is 1. The Bertz CT molecular complexity index is 681. The molecule has 1 aromatic carbocycles. The minimum atomic E-state index is -0.279. The van der Waals surface area contributed by atoms with E-state index in [1.807, 2.05) is 54.3 Å². The van der Waals surface area contributed by atoms with Crippen LogP contribution in [0.3, 0.4) is 0 Å². The molecule has 1 saturated heterocycles. The molecule has 0 aliphatic carbocycles. The summed E-state index contributed by atoms with van der Waals surface area (Å²) in [5.74, 6) is 0.507. The Morgan fingerprint density at radius 2 is 2.04 bits per heavy atom. The van der Waals surface area contributed by atoms with Crippen molar-refractivity contribution >= 4 is 5.91 Å². The van der Waals surface area contributed by atoms with Crippen molar-refractivity contribution in [1.29, 1.82) is 0 Å². The van der Waals surface area contributed by atoms with Crippen LogP contribution in [0.15, 0.2) is 54.7 Å². The van der Waals surface area contributed by atoms with E-state index in [9.17, 15) is 4.79 Å². The second-order valence-corrected chi connectivity index (χ2v) is 5.97. The van der Waals surface area contributed by atoms with Crippen LogP contribution in [0.2, 0.25) is 0 Å². The predicted molar refractivity (Wildman–Crippen MR) is 96.9 cm³/mol. The number of benzene rings is 1. The Kier molecular flexibility index (Phi) is 6.57. The lowest BCUT2D eigenvalue weighted by atomic mass is 9.98. The summed E-state index contributed by atoms with van der Waals surface area (Å²) in [7, 11) is 0. The first-order valence-electron chi connectivity index (χ1n) is 8.87. The Labute approximate surface area is 153 Å². The number of hydrogen-bond donors (Lipinski definition) is 0. The Morgan fingerprint density at radius 3 is 2.77 bits per heavy atom. The molecule has 2 atom stereocenters. The molecule has 1 amide bonds. The molecule has 0 spiro atoms. The van der Waals surface area contributed by atoms with Crippen molar-refractivity contribution in [3.63, 3.8) is 0 Å². The van der Waals surface area contributed by atoms with Gasteiger partial charge in [0.1, 0.15) is 19.3 Å².